The smallest absolute Gasteiger partial charge is 0.136 e. The molecule has 2 nitrogen and oxygen atoms in total. The summed E-state index contributed by atoms with van der Waals surface area (Å²) < 4.78 is 0. The van der Waals surface area contributed by atoms with Gasteiger partial charge in [-0.05, 0) is 48.5 Å². The summed E-state index contributed by atoms with van der Waals surface area (Å²) >= 11 is 0. The van der Waals surface area contributed by atoms with Crippen LogP contribution in [0.5, 0.6) is 0 Å². The number of benzene rings is 1. The number of hydrogen-bond acceptors (Lipinski definition) is 2. The van der Waals surface area contributed by atoms with E-state index in [4.69, 9.17) is 0 Å². The van der Waals surface area contributed by atoms with Gasteiger partial charge >= 0.3 is 0 Å². The zero-order valence-electron chi connectivity index (χ0n) is 15.1. The first-order valence-electron chi connectivity index (χ1n) is 9.06. The van der Waals surface area contributed by atoms with Gasteiger partial charge in [0.1, 0.15) is 5.78 Å². The van der Waals surface area contributed by atoms with Gasteiger partial charge in [0.15, 0.2) is 0 Å². The van der Waals surface area contributed by atoms with Crippen LogP contribution in [0.1, 0.15) is 71.5 Å². The van der Waals surface area contributed by atoms with Crippen molar-refractivity contribution in [3.05, 3.63) is 35.9 Å². The van der Waals surface area contributed by atoms with Crippen LogP contribution in [0.15, 0.2) is 30.3 Å². The van der Waals surface area contributed by atoms with Crippen molar-refractivity contribution in [2.45, 2.75) is 65.9 Å². The highest BCUT2D eigenvalue weighted by Crippen LogP contribution is 2.45. The molecule has 2 rings (SSSR count). The summed E-state index contributed by atoms with van der Waals surface area (Å²) in [6.45, 7) is 9.04. The third kappa shape index (κ3) is 4.91. The van der Waals surface area contributed by atoms with Gasteiger partial charge in [-0.15, -0.1) is 0 Å². The molecule has 0 spiro atoms. The lowest BCUT2D eigenvalue weighted by Gasteiger charge is -2.42. The lowest BCUT2D eigenvalue weighted by Crippen LogP contribution is -2.37. The molecule has 1 fully saturated rings. The molecular weight excluding hydrogens is 284 g/mol. The largest absolute Gasteiger partial charge is 0.388 e. The second-order valence-corrected chi connectivity index (χ2v) is 8.35. The van der Waals surface area contributed by atoms with E-state index in [1.807, 2.05) is 30.3 Å². The first kappa shape index (κ1) is 18.2. The van der Waals surface area contributed by atoms with E-state index in [9.17, 15) is 9.90 Å². The summed E-state index contributed by atoms with van der Waals surface area (Å²) in [5.41, 5.74) is 1.17. The summed E-state index contributed by atoms with van der Waals surface area (Å²) in [6.07, 6.45) is 3.85. The van der Waals surface area contributed by atoms with Crippen LogP contribution in [-0.4, -0.2) is 10.9 Å². The van der Waals surface area contributed by atoms with E-state index in [0.717, 1.165) is 18.4 Å². The van der Waals surface area contributed by atoms with Crippen molar-refractivity contribution < 1.29 is 9.90 Å². The van der Waals surface area contributed by atoms with Gasteiger partial charge in [-0.25, -0.2) is 0 Å². The quantitative estimate of drug-likeness (QED) is 0.786. The van der Waals surface area contributed by atoms with Crippen LogP contribution < -0.4 is 0 Å². The Bertz CT molecular complexity index is 504. The minimum atomic E-state index is -0.533. The Hall–Kier alpha value is -1.15. The first-order chi connectivity index (χ1) is 10.8. The van der Waals surface area contributed by atoms with E-state index >= 15 is 0 Å². The number of rotatable bonds is 6. The van der Waals surface area contributed by atoms with Gasteiger partial charge < -0.3 is 5.11 Å². The Morgan fingerprint density at radius 3 is 2.52 bits per heavy atom. The van der Waals surface area contributed by atoms with Crippen molar-refractivity contribution in [2.24, 2.45) is 23.2 Å². The van der Waals surface area contributed by atoms with Crippen LogP contribution in [0.2, 0.25) is 0 Å². The molecule has 3 atom stereocenters. The molecule has 0 aromatic heterocycles. The first-order valence-corrected chi connectivity index (χ1v) is 9.06. The molecule has 1 saturated carbocycles. The fourth-order valence-electron chi connectivity index (χ4n) is 4.06. The van der Waals surface area contributed by atoms with Crippen molar-refractivity contribution in [1.82, 2.24) is 0 Å². The lowest BCUT2D eigenvalue weighted by atomic mass is 9.62. The van der Waals surface area contributed by atoms with Crippen LogP contribution in [0.25, 0.3) is 0 Å². The molecule has 0 radical (unpaired) electrons. The van der Waals surface area contributed by atoms with Gasteiger partial charge in [0.25, 0.3) is 0 Å². The van der Waals surface area contributed by atoms with E-state index in [0.29, 0.717) is 30.5 Å². The molecule has 2 heteroatoms. The maximum Gasteiger partial charge on any atom is 0.136 e. The molecular formula is C21H32O2. The third-order valence-electron chi connectivity index (χ3n) is 5.56. The Morgan fingerprint density at radius 1 is 1.26 bits per heavy atom. The minimum Gasteiger partial charge on any atom is -0.388 e. The molecule has 1 aliphatic rings. The molecule has 1 aromatic rings. The minimum absolute atomic E-state index is 0.168. The number of hydrogen-bond donors (Lipinski definition) is 1. The van der Waals surface area contributed by atoms with E-state index in [-0.39, 0.29) is 11.3 Å². The molecule has 0 bridgehead atoms. The second-order valence-electron chi connectivity index (χ2n) is 8.35. The summed E-state index contributed by atoms with van der Waals surface area (Å²) in [5.74, 6) is 1.58. The number of aliphatic hydroxyl groups excluding tert-OH is 1. The summed E-state index contributed by atoms with van der Waals surface area (Å²) in [4.78, 5) is 12.8. The molecule has 1 aliphatic carbocycles. The van der Waals surface area contributed by atoms with E-state index < -0.39 is 6.10 Å². The topological polar surface area (TPSA) is 37.3 Å². The maximum absolute atomic E-state index is 12.8. The van der Waals surface area contributed by atoms with Crippen LogP contribution in [0, 0.1) is 23.2 Å². The molecule has 1 N–H and O–H groups in total. The highest BCUT2D eigenvalue weighted by molar-refractivity contribution is 5.81. The molecule has 128 valence electrons. The zero-order valence-corrected chi connectivity index (χ0v) is 15.1. The number of aliphatic hydroxyl groups is 1. The van der Waals surface area contributed by atoms with Gasteiger partial charge in [0.2, 0.25) is 0 Å². The number of Topliss-reactive ketones (excluding diaryl/α,β-unsaturated/α-hetero) is 1. The van der Waals surface area contributed by atoms with Gasteiger partial charge in [-0.1, -0.05) is 58.0 Å². The Morgan fingerprint density at radius 2 is 1.91 bits per heavy atom. The average molecular weight is 316 g/mol. The number of carbonyl (C=O) groups excluding carboxylic acids is 1. The van der Waals surface area contributed by atoms with Crippen molar-refractivity contribution in [3.63, 3.8) is 0 Å². The molecule has 0 saturated heterocycles. The monoisotopic (exact) mass is 316 g/mol. The van der Waals surface area contributed by atoms with Crippen LogP contribution >= 0.6 is 0 Å². The van der Waals surface area contributed by atoms with Crippen molar-refractivity contribution in [1.29, 1.82) is 0 Å². The maximum atomic E-state index is 12.8. The molecule has 0 aliphatic heterocycles. The van der Waals surface area contributed by atoms with Crippen LogP contribution in [0.4, 0.5) is 0 Å². The van der Waals surface area contributed by atoms with E-state index in [1.54, 1.807) is 0 Å². The van der Waals surface area contributed by atoms with E-state index in [1.165, 1.54) is 6.42 Å². The molecule has 23 heavy (non-hydrogen) atoms. The molecule has 3 unspecified atom stereocenters. The summed E-state index contributed by atoms with van der Waals surface area (Å²) in [6, 6.07) is 9.65. The van der Waals surface area contributed by atoms with Crippen molar-refractivity contribution >= 4 is 5.78 Å². The average Bonchev–Trinajstić information content (AvgIpc) is 2.51. The van der Waals surface area contributed by atoms with Crippen LogP contribution in [-0.2, 0) is 4.79 Å². The predicted octanol–water partition coefficient (Wildman–Crippen LogP) is 5.17. The van der Waals surface area contributed by atoms with Gasteiger partial charge in [0, 0.05) is 12.3 Å². The Labute approximate surface area is 141 Å². The van der Waals surface area contributed by atoms with E-state index in [2.05, 4.69) is 27.7 Å². The Balaban J connectivity index is 1.97. The normalized spacial score (nSPS) is 25.3. The fraction of sp³-hybridized carbons (Fsp3) is 0.667. The summed E-state index contributed by atoms with van der Waals surface area (Å²) in [7, 11) is 0. The molecule has 1 aromatic carbocycles. The number of ketones is 1. The lowest BCUT2D eigenvalue weighted by molar-refractivity contribution is -0.128. The zero-order chi connectivity index (χ0) is 17.0. The second kappa shape index (κ2) is 7.61. The standard InChI is InChI=1S/C21H32O2/c1-15(2)17-12-13-21(3,4)14-18(17)20(23)11-10-19(22)16-8-6-5-7-9-16/h5-9,15,17-19,22H,10-14H2,1-4H3. The summed E-state index contributed by atoms with van der Waals surface area (Å²) in [5, 5.41) is 10.3. The number of carbonyl (C=O) groups is 1. The highest BCUT2D eigenvalue weighted by atomic mass is 16.3. The van der Waals surface area contributed by atoms with Gasteiger partial charge in [0.05, 0.1) is 6.10 Å². The molecule has 0 amide bonds. The molecule has 0 heterocycles. The Kier molecular flexibility index (Phi) is 6.02. The SMILES string of the molecule is CC(C)C1CCC(C)(C)CC1C(=O)CCC(O)c1ccccc1. The van der Waals surface area contributed by atoms with Crippen molar-refractivity contribution in [2.75, 3.05) is 0 Å². The highest BCUT2D eigenvalue weighted by Gasteiger charge is 2.39. The fourth-order valence-corrected chi connectivity index (χ4v) is 4.06. The predicted molar refractivity (Wildman–Crippen MR) is 95.1 cm³/mol. The third-order valence-corrected chi connectivity index (χ3v) is 5.56. The van der Waals surface area contributed by atoms with Crippen LogP contribution in [0.3, 0.4) is 0 Å². The van der Waals surface area contributed by atoms with Gasteiger partial charge in [-0.2, -0.15) is 0 Å². The van der Waals surface area contributed by atoms with Crippen molar-refractivity contribution in [3.8, 4) is 0 Å². The van der Waals surface area contributed by atoms with Gasteiger partial charge in [-0.3, -0.25) is 4.79 Å².